The molecule has 0 aromatic rings. The predicted molar refractivity (Wildman–Crippen MR) is 78.4 cm³/mol. The van der Waals surface area contributed by atoms with Gasteiger partial charge in [-0.1, -0.05) is 27.2 Å². The smallest absolute Gasteiger partial charge is 0.246 e. The van der Waals surface area contributed by atoms with Gasteiger partial charge < -0.3 is 15.0 Å². The van der Waals surface area contributed by atoms with E-state index >= 15 is 0 Å². The number of hydrogen-bond donors (Lipinski definition) is 1. The van der Waals surface area contributed by atoms with E-state index in [1.54, 1.807) is 12.0 Å². The minimum absolute atomic E-state index is 0.00188. The lowest BCUT2D eigenvalue weighted by atomic mass is 9.85. The zero-order valence-corrected chi connectivity index (χ0v) is 13.2. The average molecular weight is 284 g/mol. The molecule has 1 unspecified atom stereocenters. The van der Waals surface area contributed by atoms with Gasteiger partial charge in [-0.2, -0.15) is 0 Å². The Labute approximate surface area is 122 Å². The van der Waals surface area contributed by atoms with E-state index in [0.717, 1.165) is 12.8 Å². The molecular formula is C15H28N2O3. The third-order valence-electron chi connectivity index (χ3n) is 4.29. The van der Waals surface area contributed by atoms with Gasteiger partial charge in [-0.3, -0.25) is 9.59 Å². The summed E-state index contributed by atoms with van der Waals surface area (Å²) in [6.45, 7) is 7.16. The Hall–Kier alpha value is -1.10. The maximum absolute atomic E-state index is 12.7. The Morgan fingerprint density at radius 2 is 1.90 bits per heavy atom. The Morgan fingerprint density at radius 1 is 1.25 bits per heavy atom. The van der Waals surface area contributed by atoms with Crippen LogP contribution in [0.4, 0.5) is 0 Å². The van der Waals surface area contributed by atoms with Crippen molar-refractivity contribution in [3.8, 4) is 0 Å². The number of rotatable bonds is 8. The fourth-order valence-corrected chi connectivity index (χ4v) is 3.00. The van der Waals surface area contributed by atoms with E-state index in [2.05, 4.69) is 5.32 Å². The van der Waals surface area contributed by atoms with Crippen LogP contribution < -0.4 is 5.32 Å². The van der Waals surface area contributed by atoms with E-state index in [1.807, 2.05) is 20.8 Å². The first-order valence-corrected chi connectivity index (χ1v) is 7.68. The Balaban J connectivity index is 2.97. The molecule has 0 radical (unpaired) electrons. The minimum atomic E-state index is -0.685. The quantitative estimate of drug-likeness (QED) is 0.690. The molecule has 1 aliphatic heterocycles. The van der Waals surface area contributed by atoms with E-state index in [9.17, 15) is 9.59 Å². The van der Waals surface area contributed by atoms with Crippen molar-refractivity contribution in [3.63, 3.8) is 0 Å². The minimum Gasteiger partial charge on any atom is -0.385 e. The molecule has 0 bridgehead atoms. The lowest BCUT2D eigenvalue weighted by Crippen LogP contribution is -2.70. The SMILES string of the molecule is CCCC1NC(=O)C(CC)(CC)N(CCCOC)C1=O. The van der Waals surface area contributed by atoms with Crippen LogP contribution in [0.25, 0.3) is 0 Å². The van der Waals surface area contributed by atoms with Crippen LogP contribution in [0.5, 0.6) is 0 Å². The van der Waals surface area contributed by atoms with Gasteiger partial charge in [-0.05, 0) is 25.7 Å². The Kier molecular flexibility index (Phi) is 6.46. The molecule has 1 rings (SSSR count). The van der Waals surface area contributed by atoms with Gasteiger partial charge in [0, 0.05) is 20.3 Å². The van der Waals surface area contributed by atoms with Gasteiger partial charge in [-0.15, -0.1) is 0 Å². The highest BCUT2D eigenvalue weighted by atomic mass is 16.5. The molecule has 0 spiro atoms. The lowest BCUT2D eigenvalue weighted by Gasteiger charge is -2.47. The van der Waals surface area contributed by atoms with Crippen molar-refractivity contribution in [1.82, 2.24) is 10.2 Å². The first-order valence-electron chi connectivity index (χ1n) is 7.68. The van der Waals surface area contributed by atoms with Gasteiger partial charge >= 0.3 is 0 Å². The molecule has 1 aliphatic rings. The summed E-state index contributed by atoms with van der Waals surface area (Å²) in [6, 6.07) is -0.360. The second-order valence-electron chi connectivity index (χ2n) is 5.39. The molecule has 1 N–H and O–H groups in total. The monoisotopic (exact) mass is 284 g/mol. The number of hydrogen-bond acceptors (Lipinski definition) is 3. The molecule has 1 saturated heterocycles. The van der Waals surface area contributed by atoms with Gasteiger partial charge in [0.15, 0.2) is 0 Å². The van der Waals surface area contributed by atoms with Crippen LogP contribution in [0.15, 0.2) is 0 Å². The van der Waals surface area contributed by atoms with Crippen molar-refractivity contribution >= 4 is 11.8 Å². The number of ether oxygens (including phenoxy) is 1. The molecule has 0 aliphatic carbocycles. The first kappa shape index (κ1) is 17.0. The molecule has 5 heteroatoms. The predicted octanol–water partition coefficient (Wildman–Crippen LogP) is 1.71. The summed E-state index contributed by atoms with van der Waals surface area (Å²) in [5.41, 5.74) is -0.685. The average Bonchev–Trinajstić information content (AvgIpc) is 2.45. The molecule has 0 saturated carbocycles. The van der Waals surface area contributed by atoms with Crippen LogP contribution >= 0.6 is 0 Å². The second-order valence-corrected chi connectivity index (χ2v) is 5.39. The van der Waals surface area contributed by atoms with Crippen LogP contribution in [-0.2, 0) is 14.3 Å². The van der Waals surface area contributed by atoms with Crippen molar-refractivity contribution in [2.75, 3.05) is 20.3 Å². The molecule has 1 heterocycles. The van der Waals surface area contributed by atoms with Crippen molar-refractivity contribution < 1.29 is 14.3 Å². The number of methoxy groups -OCH3 is 1. The van der Waals surface area contributed by atoms with Gasteiger partial charge in [0.25, 0.3) is 0 Å². The van der Waals surface area contributed by atoms with Crippen LogP contribution in [0.3, 0.4) is 0 Å². The largest absolute Gasteiger partial charge is 0.385 e. The molecule has 20 heavy (non-hydrogen) atoms. The number of nitrogens with zero attached hydrogens (tertiary/aromatic N) is 1. The molecule has 0 aromatic heterocycles. The van der Waals surface area contributed by atoms with Crippen molar-refractivity contribution in [2.24, 2.45) is 0 Å². The van der Waals surface area contributed by atoms with Gasteiger partial charge in [0.05, 0.1) is 0 Å². The van der Waals surface area contributed by atoms with Crippen molar-refractivity contribution in [2.45, 2.75) is 64.5 Å². The normalized spacial score (nSPS) is 22.0. The molecule has 1 atom stereocenters. The van der Waals surface area contributed by atoms with Gasteiger partial charge in [0.2, 0.25) is 11.8 Å². The standard InChI is InChI=1S/C15H28N2O3/c1-5-9-12-13(18)17(10-8-11-20-4)15(6-2,7-3)14(19)16-12/h12H,5-11H2,1-4H3,(H,16,19). The summed E-state index contributed by atoms with van der Waals surface area (Å²) in [6.07, 6.45) is 3.64. The highest BCUT2D eigenvalue weighted by molar-refractivity contribution is 5.99. The molecule has 116 valence electrons. The summed E-state index contributed by atoms with van der Waals surface area (Å²) in [5, 5.41) is 2.92. The molecule has 5 nitrogen and oxygen atoms in total. The summed E-state index contributed by atoms with van der Waals surface area (Å²) in [4.78, 5) is 27.0. The third kappa shape index (κ3) is 3.14. The Morgan fingerprint density at radius 3 is 2.40 bits per heavy atom. The third-order valence-corrected chi connectivity index (χ3v) is 4.29. The molecular weight excluding hydrogens is 256 g/mol. The van der Waals surface area contributed by atoms with Crippen molar-refractivity contribution in [1.29, 1.82) is 0 Å². The number of nitrogens with one attached hydrogen (secondary N) is 1. The molecule has 0 aromatic carbocycles. The van der Waals surface area contributed by atoms with Crippen LogP contribution in [0, 0.1) is 0 Å². The number of carbonyl (C=O) groups is 2. The fourth-order valence-electron chi connectivity index (χ4n) is 3.00. The van der Waals surface area contributed by atoms with Crippen LogP contribution in [-0.4, -0.2) is 48.6 Å². The van der Waals surface area contributed by atoms with E-state index in [-0.39, 0.29) is 17.9 Å². The fraction of sp³-hybridized carbons (Fsp3) is 0.867. The van der Waals surface area contributed by atoms with Crippen molar-refractivity contribution in [3.05, 3.63) is 0 Å². The lowest BCUT2D eigenvalue weighted by molar-refractivity contribution is -0.158. The first-order chi connectivity index (χ1) is 9.57. The van der Waals surface area contributed by atoms with Gasteiger partial charge in [0.1, 0.15) is 11.6 Å². The zero-order chi connectivity index (χ0) is 15.2. The maximum atomic E-state index is 12.7. The molecule has 2 amide bonds. The van der Waals surface area contributed by atoms with E-state index in [1.165, 1.54) is 0 Å². The summed E-state index contributed by atoms with van der Waals surface area (Å²) in [7, 11) is 1.65. The van der Waals surface area contributed by atoms with Crippen LogP contribution in [0.2, 0.25) is 0 Å². The topological polar surface area (TPSA) is 58.6 Å². The Bertz CT molecular complexity index is 340. The zero-order valence-electron chi connectivity index (χ0n) is 13.2. The highest BCUT2D eigenvalue weighted by Gasteiger charge is 2.49. The summed E-state index contributed by atoms with van der Waals surface area (Å²) < 4.78 is 5.07. The maximum Gasteiger partial charge on any atom is 0.246 e. The second kappa shape index (κ2) is 7.62. The van der Waals surface area contributed by atoms with Crippen LogP contribution in [0.1, 0.15) is 52.9 Å². The number of amides is 2. The number of carbonyl (C=O) groups excluding carboxylic acids is 2. The number of piperazine rings is 1. The van der Waals surface area contributed by atoms with Gasteiger partial charge in [-0.25, -0.2) is 0 Å². The summed E-state index contributed by atoms with van der Waals surface area (Å²) >= 11 is 0. The van der Waals surface area contributed by atoms with E-state index in [0.29, 0.717) is 32.4 Å². The molecule has 1 fully saturated rings. The summed E-state index contributed by atoms with van der Waals surface area (Å²) in [5.74, 6) is 0.0595. The van der Waals surface area contributed by atoms with E-state index in [4.69, 9.17) is 4.74 Å². The highest BCUT2D eigenvalue weighted by Crippen LogP contribution is 2.30. The van der Waals surface area contributed by atoms with E-state index < -0.39 is 5.54 Å².